The SMILES string of the molecule is Oc1c(Br)cc(C=Nc2ccc3nc(SCc4ccc(Br)cc4)sc3c2)cc1Br. The molecule has 0 aliphatic heterocycles. The molecule has 0 fully saturated rings. The fourth-order valence-electron chi connectivity index (χ4n) is 2.57. The minimum absolute atomic E-state index is 0.182. The molecule has 146 valence electrons. The zero-order valence-electron chi connectivity index (χ0n) is 14.8. The fourth-order valence-corrected chi connectivity index (χ4v) is 6.11. The number of hydrogen-bond donors (Lipinski definition) is 1. The number of rotatable bonds is 5. The van der Waals surface area contributed by atoms with Crippen LogP contribution in [0.25, 0.3) is 10.2 Å². The molecule has 1 heterocycles. The lowest BCUT2D eigenvalue weighted by molar-refractivity contribution is 0.468. The molecule has 0 amide bonds. The normalized spacial score (nSPS) is 11.6. The van der Waals surface area contributed by atoms with Gasteiger partial charge in [-0.1, -0.05) is 39.8 Å². The van der Waals surface area contributed by atoms with Crippen LogP contribution in [-0.4, -0.2) is 16.3 Å². The molecule has 0 radical (unpaired) electrons. The summed E-state index contributed by atoms with van der Waals surface area (Å²) >= 11 is 13.6. The van der Waals surface area contributed by atoms with E-state index in [9.17, 15) is 5.11 Å². The zero-order chi connectivity index (χ0) is 20.4. The Labute approximate surface area is 201 Å². The standard InChI is InChI=1S/C21H13Br3N2OS2/c22-14-3-1-12(2-4-14)11-28-21-26-18-6-5-15(9-19(18)29-21)25-10-13-7-16(23)20(27)17(24)8-13/h1-10,27H,11H2. The molecule has 29 heavy (non-hydrogen) atoms. The van der Waals surface area contributed by atoms with Crippen LogP contribution in [0, 0.1) is 0 Å². The number of fused-ring (bicyclic) bond motifs is 1. The van der Waals surface area contributed by atoms with E-state index in [1.54, 1.807) is 29.3 Å². The van der Waals surface area contributed by atoms with Gasteiger partial charge in [-0.25, -0.2) is 4.98 Å². The molecular formula is C21H13Br3N2OS2. The summed E-state index contributed by atoms with van der Waals surface area (Å²) in [4.78, 5) is 9.29. The van der Waals surface area contributed by atoms with Crippen molar-refractivity contribution < 1.29 is 5.11 Å². The molecule has 0 spiro atoms. The highest BCUT2D eigenvalue weighted by molar-refractivity contribution is 9.11. The third-order valence-corrected chi connectivity index (χ3v) is 8.00. The minimum atomic E-state index is 0.182. The first-order chi connectivity index (χ1) is 14.0. The number of benzene rings is 3. The van der Waals surface area contributed by atoms with Crippen molar-refractivity contribution in [1.82, 2.24) is 4.98 Å². The van der Waals surface area contributed by atoms with E-state index in [4.69, 9.17) is 4.98 Å². The molecule has 0 bridgehead atoms. The van der Waals surface area contributed by atoms with Gasteiger partial charge in [0.05, 0.1) is 24.8 Å². The number of thioether (sulfide) groups is 1. The van der Waals surface area contributed by atoms with Crippen LogP contribution in [-0.2, 0) is 5.75 Å². The fraction of sp³-hybridized carbons (Fsp3) is 0.0476. The van der Waals surface area contributed by atoms with Crippen molar-refractivity contribution in [2.45, 2.75) is 10.1 Å². The van der Waals surface area contributed by atoms with Crippen LogP contribution in [0.2, 0.25) is 0 Å². The smallest absolute Gasteiger partial charge is 0.151 e. The maximum atomic E-state index is 9.82. The average Bonchev–Trinajstić information content (AvgIpc) is 3.12. The van der Waals surface area contributed by atoms with Gasteiger partial charge in [0.25, 0.3) is 0 Å². The van der Waals surface area contributed by atoms with Crippen molar-refractivity contribution in [3.05, 3.63) is 79.1 Å². The van der Waals surface area contributed by atoms with Crippen molar-refractivity contribution in [2.24, 2.45) is 4.99 Å². The molecule has 0 aliphatic carbocycles. The Hall–Kier alpha value is -1.19. The predicted octanol–water partition coefficient (Wildman–Crippen LogP) is 8.33. The molecule has 3 nitrogen and oxygen atoms in total. The van der Waals surface area contributed by atoms with Crippen molar-refractivity contribution in [3.63, 3.8) is 0 Å². The van der Waals surface area contributed by atoms with E-state index in [0.717, 1.165) is 36.0 Å². The second-order valence-corrected chi connectivity index (χ2v) is 11.0. The summed E-state index contributed by atoms with van der Waals surface area (Å²) in [5.74, 6) is 1.07. The Kier molecular flexibility index (Phi) is 6.76. The number of aliphatic imine (C=N–C) groups is 1. The van der Waals surface area contributed by atoms with Crippen LogP contribution in [0.1, 0.15) is 11.1 Å². The van der Waals surface area contributed by atoms with Gasteiger partial charge >= 0.3 is 0 Å². The third kappa shape index (κ3) is 5.30. The van der Waals surface area contributed by atoms with Gasteiger partial charge in [0.2, 0.25) is 0 Å². The van der Waals surface area contributed by atoms with E-state index in [-0.39, 0.29) is 5.75 Å². The van der Waals surface area contributed by atoms with E-state index in [0.29, 0.717) is 8.95 Å². The van der Waals surface area contributed by atoms with Crippen molar-refractivity contribution in [2.75, 3.05) is 0 Å². The van der Waals surface area contributed by atoms with Gasteiger partial charge in [0.15, 0.2) is 4.34 Å². The van der Waals surface area contributed by atoms with E-state index in [1.807, 2.05) is 24.3 Å². The summed E-state index contributed by atoms with van der Waals surface area (Å²) in [7, 11) is 0. The van der Waals surface area contributed by atoms with E-state index in [1.165, 1.54) is 5.56 Å². The van der Waals surface area contributed by atoms with Crippen LogP contribution in [0.3, 0.4) is 0 Å². The highest BCUT2D eigenvalue weighted by atomic mass is 79.9. The molecule has 1 aromatic heterocycles. The molecule has 0 saturated heterocycles. The van der Waals surface area contributed by atoms with Crippen LogP contribution in [0.15, 0.2) is 77.3 Å². The second-order valence-electron chi connectivity index (χ2n) is 6.14. The summed E-state index contributed by atoms with van der Waals surface area (Å²) in [5, 5.41) is 9.82. The van der Waals surface area contributed by atoms with Crippen LogP contribution in [0.5, 0.6) is 5.75 Å². The first-order valence-electron chi connectivity index (χ1n) is 8.48. The van der Waals surface area contributed by atoms with Crippen molar-refractivity contribution >= 4 is 93.0 Å². The molecule has 4 rings (SSSR count). The lowest BCUT2D eigenvalue weighted by Gasteiger charge is -2.02. The third-order valence-electron chi connectivity index (χ3n) is 4.03. The topological polar surface area (TPSA) is 45.5 Å². The zero-order valence-corrected chi connectivity index (χ0v) is 21.2. The maximum Gasteiger partial charge on any atom is 0.151 e. The summed E-state index contributed by atoms with van der Waals surface area (Å²) in [6.45, 7) is 0. The lowest BCUT2D eigenvalue weighted by atomic mass is 10.2. The Balaban J connectivity index is 1.50. The van der Waals surface area contributed by atoms with Gasteiger partial charge < -0.3 is 5.11 Å². The quantitative estimate of drug-likeness (QED) is 0.182. The Morgan fingerprint density at radius 3 is 2.45 bits per heavy atom. The van der Waals surface area contributed by atoms with Crippen LogP contribution >= 0.6 is 70.9 Å². The Morgan fingerprint density at radius 1 is 1.00 bits per heavy atom. The Morgan fingerprint density at radius 2 is 1.72 bits per heavy atom. The van der Waals surface area contributed by atoms with E-state index in [2.05, 4.69) is 83.1 Å². The number of halogens is 3. The van der Waals surface area contributed by atoms with Crippen molar-refractivity contribution in [1.29, 1.82) is 0 Å². The summed E-state index contributed by atoms with van der Waals surface area (Å²) in [5.41, 5.74) is 4.01. The number of aromatic hydroxyl groups is 1. The number of phenolic OH excluding ortho intramolecular Hbond substituents is 1. The van der Waals surface area contributed by atoms with Crippen LogP contribution < -0.4 is 0 Å². The Bertz CT molecular complexity index is 1180. The van der Waals surface area contributed by atoms with Gasteiger partial charge in [-0.3, -0.25) is 4.99 Å². The van der Waals surface area contributed by atoms with Gasteiger partial charge in [-0.05, 0) is 85.5 Å². The highest BCUT2D eigenvalue weighted by Crippen LogP contribution is 2.35. The minimum Gasteiger partial charge on any atom is -0.506 e. The molecule has 0 atom stereocenters. The van der Waals surface area contributed by atoms with Crippen molar-refractivity contribution in [3.8, 4) is 5.75 Å². The number of aromatic nitrogens is 1. The molecule has 0 unspecified atom stereocenters. The van der Waals surface area contributed by atoms with Crippen LogP contribution in [0.4, 0.5) is 5.69 Å². The van der Waals surface area contributed by atoms with Gasteiger partial charge in [-0.2, -0.15) is 0 Å². The van der Waals surface area contributed by atoms with Gasteiger partial charge in [-0.15, -0.1) is 11.3 Å². The van der Waals surface area contributed by atoms with Gasteiger partial charge in [0.1, 0.15) is 5.75 Å². The lowest BCUT2D eigenvalue weighted by Crippen LogP contribution is -1.82. The average molecular weight is 613 g/mol. The maximum absolute atomic E-state index is 9.82. The predicted molar refractivity (Wildman–Crippen MR) is 134 cm³/mol. The van der Waals surface area contributed by atoms with E-state index >= 15 is 0 Å². The molecule has 0 saturated carbocycles. The summed E-state index contributed by atoms with van der Waals surface area (Å²) < 4.78 is 4.50. The largest absolute Gasteiger partial charge is 0.506 e. The second kappa shape index (κ2) is 9.31. The number of nitrogens with zero attached hydrogens (tertiary/aromatic N) is 2. The molecular weight excluding hydrogens is 600 g/mol. The number of phenols is 1. The van der Waals surface area contributed by atoms with Gasteiger partial charge in [0, 0.05) is 16.4 Å². The highest BCUT2D eigenvalue weighted by Gasteiger charge is 2.07. The first kappa shape index (κ1) is 21.1. The van der Waals surface area contributed by atoms with E-state index < -0.39 is 0 Å². The molecule has 8 heteroatoms. The molecule has 4 aromatic rings. The molecule has 3 aromatic carbocycles. The first-order valence-corrected chi connectivity index (χ1v) is 12.7. The summed E-state index contributed by atoms with van der Waals surface area (Å²) in [6.07, 6.45) is 1.78. The monoisotopic (exact) mass is 610 g/mol. The molecule has 0 aliphatic rings. The number of thiazole rings is 1. The number of hydrogen-bond acceptors (Lipinski definition) is 5. The molecule has 1 N–H and O–H groups in total. The summed E-state index contributed by atoms with van der Waals surface area (Å²) in [6, 6.07) is 18.0.